The van der Waals surface area contributed by atoms with Crippen molar-refractivity contribution in [2.75, 3.05) is 6.61 Å². The molecule has 142 valence electrons. The van der Waals surface area contributed by atoms with Crippen molar-refractivity contribution in [3.8, 4) is 5.75 Å². The standard InChI is InChI=1S/C22H30O4/c1-3-26-20(25)12-14-10-13-11-15(23)4-5-16(13)17-8-9-22(2)18(21(14)17)6-7-19(22)24/h4-5,11,14,17-19,21,23-24H,3,6-10,12H2,1-2H3/t14-,17+,18-,19-,21+,22-/m0/s1. The minimum atomic E-state index is -0.224. The highest BCUT2D eigenvalue weighted by Crippen LogP contribution is 2.62. The largest absolute Gasteiger partial charge is 0.508 e. The predicted molar refractivity (Wildman–Crippen MR) is 98.9 cm³/mol. The Labute approximate surface area is 155 Å². The summed E-state index contributed by atoms with van der Waals surface area (Å²) in [7, 11) is 0. The normalized spacial score (nSPS) is 38.2. The van der Waals surface area contributed by atoms with Crippen LogP contribution in [0.3, 0.4) is 0 Å². The lowest BCUT2D eigenvalue weighted by Crippen LogP contribution is -2.47. The second-order valence-corrected chi connectivity index (χ2v) is 8.78. The molecule has 0 saturated heterocycles. The summed E-state index contributed by atoms with van der Waals surface area (Å²) in [6.07, 6.45) is 5.03. The molecule has 0 heterocycles. The Morgan fingerprint density at radius 3 is 2.88 bits per heavy atom. The fourth-order valence-corrected chi connectivity index (χ4v) is 6.38. The zero-order valence-corrected chi connectivity index (χ0v) is 15.8. The summed E-state index contributed by atoms with van der Waals surface area (Å²) in [5.41, 5.74) is 2.50. The van der Waals surface area contributed by atoms with Crippen molar-refractivity contribution in [3.05, 3.63) is 29.3 Å². The lowest BCUT2D eigenvalue weighted by atomic mass is 9.52. The number of carbonyl (C=O) groups excluding carboxylic acids is 1. The van der Waals surface area contributed by atoms with Crippen LogP contribution in [0.5, 0.6) is 5.75 Å². The zero-order chi connectivity index (χ0) is 18.5. The van der Waals surface area contributed by atoms with E-state index < -0.39 is 0 Å². The lowest BCUT2D eigenvalue weighted by molar-refractivity contribution is -0.145. The van der Waals surface area contributed by atoms with E-state index in [1.54, 1.807) is 6.07 Å². The number of rotatable bonds is 3. The van der Waals surface area contributed by atoms with Gasteiger partial charge in [-0.15, -0.1) is 0 Å². The van der Waals surface area contributed by atoms with E-state index in [1.165, 1.54) is 11.1 Å². The minimum absolute atomic E-state index is 0.0253. The van der Waals surface area contributed by atoms with E-state index in [9.17, 15) is 15.0 Å². The molecule has 2 fully saturated rings. The average Bonchev–Trinajstić information content (AvgIpc) is 2.90. The van der Waals surface area contributed by atoms with Crippen molar-refractivity contribution in [3.63, 3.8) is 0 Å². The SMILES string of the molecule is CCOC(=O)C[C@@H]1Cc2cc(O)ccc2[C@H]2CC[C@]3(C)[C@@H](O)CC[C@H]3[C@H]12. The molecule has 0 aromatic heterocycles. The molecule has 0 aliphatic heterocycles. The Morgan fingerprint density at radius 1 is 1.31 bits per heavy atom. The molecule has 0 radical (unpaired) electrons. The van der Waals surface area contributed by atoms with Crippen LogP contribution in [0.15, 0.2) is 18.2 Å². The van der Waals surface area contributed by atoms with E-state index in [1.807, 2.05) is 13.0 Å². The number of hydrogen-bond donors (Lipinski definition) is 2. The molecule has 4 nitrogen and oxygen atoms in total. The van der Waals surface area contributed by atoms with E-state index in [0.717, 1.165) is 32.1 Å². The molecule has 4 rings (SSSR count). The first-order chi connectivity index (χ1) is 12.4. The van der Waals surface area contributed by atoms with Gasteiger partial charge in [-0.25, -0.2) is 0 Å². The average molecular weight is 358 g/mol. The molecule has 4 heteroatoms. The number of fused-ring (bicyclic) bond motifs is 5. The van der Waals surface area contributed by atoms with Crippen LogP contribution in [-0.4, -0.2) is 28.9 Å². The fourth-order valence-electron chi connectivity index (χ4n) is 6.38. The van der Waals surface area contributed by atoms with Gasteiger partial charge in [0.15, 0.2) is 0 Å². The van der Waals surface area contributed by atoms with Gasteiger partial charge in [-0.1, -0.05) is 13.0 Å². The van der Waals surface area contributed by atoms with E-state index in [-0.39, 0.29) is 23.4 Å². The van der Waals surface area contributed by atoms with Gasteiger partial charge in [0.05, 0.1) is 12.7 Å². The van der Waals surface area contributed by atoms with Crippen LogP contribution >= 0.6 is 0 Å². The Hall–Kier alpha value is -1.55. The van der Waals surface area contributed by atoms with Crippen molar-refractivity contribution < 1.29 is 19.7 Å². The first-order valence-electron chi connectivity index (χ1n) is 10.1. The van der Waals surface area contributed by atoms with Gasteiger partial charge in [0.25, 0.3) is 0 Å². The molecule has 26 heavy (non-hydrogen) atoms. The van der Waals surface area contributed by atoms with Gasteiger partial charge in [0.1, 0.15) is 5.75 Å². The minimum Gasteiger partial charge on any atom is -0.508 e. The summed E-state index contributed by atoms with van der Waals surface area (Å²) >= 11 is 0. The third kappa shape index (κ3) is 2.74. The van der Waals surface area contributed by atoms with E-state index in [4.69, 9.17) is 4.74 Å². The molecule has 2 N–H and O–H groups in total. The number of phenolic OH excluding ortho intramolecular Hbond substituents is 1. The molecule has 6 atom stereocenters. The number of ether oxygens (including phenoxy) is 1. The summed E-state index contributed by atoms with van der Waals surface area (Å²) in [6.45, 7) is 4.51. The maximum absolute atomic E-state index is 12.3. The van der Waals surface area contributed by atoms with Crippen molar-refractivity contribution >= 4 is 5.97 Å². The van der Waals surface area contributed by atoms with E-state index >= 15 is 0 Å². The number of aromatic hydroxyl groups is 1. The molecule has 1 aromatic carbocycles. The van der Waals surface area contributed by atoms with E-state index in [2.05, 4.69) is 13.0 Å². The summed E-state index contributed by atoms with van der Waals surface area (Å²) in [5.74, 6) is 1.69. The highest BCUT2D eigenvalue weighted by Gasteiger charge is 2.56. The van der Waals surface area contributed by atoms with E-state index in [0.29, 0.717) is 36.5 Å². The molecule has 0 unspecified atom stereocenters. The van der Waals surface area contributed by atoms with Crippen LogP contribution in [0.1, 0.15) is 63.0 Å². The zero-order valence-electron chi connectivity index (χ0n) is 15.8. The Balaban J connectivity index is 1.72. The number of aliphatic hydroxyl groups excluding tert-OH is 1. The molecule has 3 aliphatic rings. The summed E-state index contributed by atoms with van der Waals surface area (Å²) < 4.78 is 5.26. The van der Waals surface area contributed by atoms with Gasteiger partial charge >= 0.3 is 5.97 Å². The van der Waals surface area contributed by atoms with Gasteiger partial charge in [0.2, 0.25) is 0 Å². The van der Waals surface area contributed by atoms with Crippen molar-refractivity contribution in [2.45, 2.75) is 64.4 Å². The van der Waals surface area contributed by atoms with Crippen LogP contribution in [0, 0.1) is 23.2 Å². The Morgan fingerprint density at radius 2 is 2.12 bits per heavy atom. The molecule has 0 amide bonds. The maximum atomic E-state index is 12.3. The molecule has 2 saturated carbocycles. The number of esters is 1. The first-order valence-corrected chi connectivity index (χ1v) is 10.1. The van der Waals surface area contributed by atoms with Crippen molar-refractivity contribution in [1.29, 1.82) is 0 Å². The summed E-state index contributed by atoms with van der Waals surface area (Å²) in [6, 6.07) is 5.75. The van der Waals surface area contributed by atoms with Crippen molar-refractivity contribution in [1.82, 2.24) is 0 Å². The second-order valence-electron chi connectivity index (χ2n) is 8.78. The van der Waals surface area contributed by atoms with Gasteiger partial charge in [-0.05, 0) is 91.4 Å². The highest BCUT2D eigenvalue weighted by molar-refractivity contribution is 5.70. The predicted octanol–water partition coefficient (Wildman–Crippen LogP) is 3.79. The quantitative estimate of drug-likeness (QED) is 0.807. The second kappa shape index (κ2) is 6.56. The van der Waals surface area contributed by atoms with Gasteiger partial charge in [-0.2, -0.15) is 0 Å². The summed E-state index contributed by atoms with van der Waals surface area (Å²) in [5, 5.41) is 20.6. The fraction of sp³-hybridized carbons (Fsp3) is 0.682. The molecular weight excluding hydrogens is 328 g/mol. The topological polar surface area (TPSA) is 66.8 Å². The van der Waals surface area contributed by atoms with Crippen LogP contribution in [0.4, 0.5) is 0 Å². The maximum Gasteiger partial charge on any atom is 0.306 e. The third-order valence-electron chi connectivity index (χ3n) is 7.57. The van der Waals surface area contributed by atoms with Crippen LogP contribution in [0.25, 0.3) is 0 Å². The summed E-state index contributed by atoms with van der Waals surface area (Å²) in [4.78, 5) is 12.3. The van der Waals surface area contributed by atoms with Gasteiger partial charge in [0, 0.05) is 6.42 Å². The molecule has 0 spiro atoms. The monoisotopic (exact) mass is 358 g/mol. The first kappa shape index (κ1) is 17.8. The van der Waals surface area contributed by atoms with Crippen LogP contribution in [0.2, 0.25) is 0 Å². The molecule has 1 aromatic rings. The Kier molecular flexibility index (Phi) is 4.50. The number of hydrogen-bond acceptors (Lipinski definition) is 4. The molecule has 3 aliphatic carbocycles. The van der Waals surface area contributed by atoms with Gasteiger partial charge in [-0.3, -0.25) is 4.79 Å². The smallest absolute Gasteiger partial charge is 0.306 e. The Bertz CT molecular complexity index is 699. The number of aliphatic hydroxyl groups is 1. The molecular formula is C22H30O4. The van der Waals surface area contributed by atoms with Gasteiger partial charge < -0.3 is 14.9 Å². The van der Waals surface area contributed by atoms with Crippen LogP contribution < -0.4 is 0 Å². The number of benzene rings is 1. The van der Waals surface area contributed by atoms with Crippen LogP contribution in [-0.2, 0) is 16.0 Å². The number of carbonyl (C=O) groups is 1. The lowest BCUT2D eigenvalue weighted by Gasteiger charge is -2.53. The van der Waals surface area contributed by atoms with Crippen molar-refractivity contribution in [2.24, 2.45) is 23.2 Å². The highest BCUT2D eigenvalue weighted by atomic mass is 16.5. The number of phenols is 1. The molecule has 0 bridgehead atoms. The third-order valence-corrected chi connectivity index (χ3v) is 7.57.